The molecule has 0 aliphatic rings. The normalized spacial score (nSPS) is 11.5. The molecule has 0 atom stereocenters. The molecular formula is C15H14N4O3S. The Morgan fingerprint density at radius 2 is 1.87 bits per heavy atom. The Labute approximate surface area is 133 Å². The standard InChI is InChI=1S/C15H14N4O3S/c20-23(21,11-12-5-2-1-3-6-12)17-10-14-18-19-15(22-14)13-7-4-8-16-9-13/h1-9,17H,10-11H2. The van der Waals surface area contributed by atoms with Gasteiger partial charge in [-0.15, -0.1) is 10.2 Å². The van der Waals surface area contributed by atoms with Crippen LogP contribution in [0.4, 0.5) is 0 Å². The van der Waals surface area contributed by atoms with Crippen molar-refractivity contribution in [3.8, 4) is 11.5 Å². The summed E-state index contributed by atoms with van der Waals surface area (Å²) in [5, 5.41) is 7.71. The highest BCUT2D eigenvalue weighted by molar-refractivity contribution is 7.88. The van der Waals surface area contributed by atoms with Crippen LogP contribution in [0.15, 0.2) is 59.3 Å². The zero-order valence-corrected chi connectivity index (χ0v) is 12.9. The summed E-state index contributed by atoms with van der Waals surface area (Å²) < 4.78 is 32.0. The summed E-state index contributed by atoms with van der Waals surface area (Å²) in [5.41, 5.74) is 1.39. The number of hydrogen-bond acceptors (Lipinski definition) is 6. The van der Waals surface area contributed by atoms with Crippen LogP contribution in [0, 0.1) is 0 Å². The second kappa shape index (κ2) is 6.67. The summed E-state index contributed by atoms with van der Waals surface area (Å²) in [4.78, 5) is 3.96. The third kappa shape index (κ3) is 4.21. The molecule has 0 radical (unpaired) electrons. The highest BCUT2D eigenvalue weighted by atomic mass is 32.2. The van der Waals surface area contributed by atoms with E-state index in [1.54, 1.807) is 48.8 Å². The number of nitrogens with zero attached hydrogens (tertiary/aromatic N) is 3. The van der Waals surface area contributed by atoms with E-state index in [0.717, 1.165) is 0 Å². The van der Waals surface area contributed by atoms with Crippen molar-refractivity contribution in [2.45, 2.75) is 12.3 Å². The number of rotatable bonds is 6. The Morgan fingerprint density at radius 3 is 2.61 bits per heavy atom. The third-order valence-electron chi connectivity index (χ3n) is 3.02. The van der Waals surface area contributed by atoms with E-state index in [1.165, 1.54) is 0 Å². The van der Waals surface area contributed by atoms with Gasteiger partial charge in [-0.3, -0.25) is 4.98 Å². The summed E-state index contributed by atoms with van der Waals surface area (Å²) in [5.74, 6) is 0.396. The lowest BCUT2D eigenvalue weighted by Gasteiger charge is -2.04. The fourth-order valence-electron chi connectivity index (χ4n) is 1.95. The van der Waals surface area contributed by atoms with Crippen LogP contribution in [0.25, 0.3) is 11.5 Å². The third-order valence-corrected chi connectivity index (χ3v) is 4.32. The van der Waals surface area contributed by atoms with E-state index >= 15 is 0 Å². The van der Waals surface area contributed by atoms with Crippen LogP contribution in [0.2, 0.25) is 0 Å². The lowest BCUT2D eigenvalue weighted by atomic mass is 10.2. The van der Waals surface area contributed by atoms with Crippen molar-refractivity contribution in [1.29, 1.82) is 0 Å². The average Bonchev–Trinajstić information content (AvgIpc) is 3.04. The Bertz CT molecular complexity index is 864. The van der Waals surface area contributed by atoms with Crippen LogP contribution in [-0.4, -0.2) is 23.6 Å². The maximum atomic E-state index is 12.0. The monoisotopic (exact) mass is 330 g/mol. The second-order valence-electron chi connectivity index (χ2n) is 4.81. The first-order valence-corrected chi connectivity index (χ1v) is 8.52. The second-order valence-corrected chi connectivity index (χ2v) is 6.62. The van der Waals surface area contributed by atoms with Crippen LogP contribution in [0.3, 0.4) is 0 Å². The van der Waals surface area contributed by atoms with Crippen LogP contribution < -0.4 is 4.72 Å². The summed E-state index contributed by atoms with van der Waals surface area (Å²) in [6.07, 6.45) is 3.23. The molecule has 3 rings (SSSR count). The molecule has 118 valence electrons. The van der Waals surface area contributed by atoms with Crippen molar-refractivity contribution in [3.63, 3.8) is 0 Å². The lowest BCUT2D eigenvalue weighted by Crippen LogP contribution is -2.24. The van der Waals surface area contributed by atoms with Crippen molar-refractivity contribution in [2.75, 3.05) is 0 Å². The van der Waals surface area contributed by atoms with Gasteiger partial charge in [-0.1, -0.05) is 30.3 Å². The maximum Gasteiger partial charge on any atom is 0.249 e. The zero-order chi connectivity index (χ0) is 16.1. The van der Waals surface area contributed by atoms with Crippen molar-refractivity contribution in [2.24, 2.45) is 0 Å². The Hall–Kier alpha value is -2.58. The quantitative estimate of drug-likeness (QED) is 0.739. The van der Waals surface area contributed by atoms with Gasteiger partial charge in [0, 0.05) is 12.4 Å². The fraction of sp³-hybridized carbons (Fsp3) is 0.133. The SMILES string of the molecule is O=S(=O)(Cc1ccccc1)NCc1nnc(-c2cccnc2)o1. The molecule has 0 bridgehead atoms. The van der Waals surface area contributed by atoms with E-state index in [4.69, 9.17) is 4.42 Å². The highest BCUT2D eigenvalue weighted by Crippen LogP contribution is 2.16. The molecule has 0 saturated carbocycles. The number of aromatic nitrogens is 3. The molecule has 7 nitrogen and oxygen atoms in total. The molecule has 3 aromatic rings. The average molecular weight is 330 g/mol. The van der Waals surface area contributed by atoms with Crippen molar-refractivity contribution in [1.82, 2.24) is 19.9 Å². The minimum absolute atomic E-state index is 0.0531. The van der Waals surface area contributed by atoms with E-state index in [0.29, 0.717) is 17.0 Å². The molecule has 0 aliphatic heterocycles. The molecule has 0 aliphatic carbocycles. The predicted molar refractivity (Wildman–Crippen MR) is 83.4 cm³/mol. The smallest absolute Gasteiger partial charge is 0.249 e. The topological polar surface area (TPSA) is 98.0 Å². The first-order valence-electron chi connectivity index (χ1n) is 6.86. The molecule has 1 N–H and O–H groups in total. The Balaban J connectivity index is 1.63. The number of pyridine rings is 1. The molecule has 0 amide bonds. The number of sulfonamides is 1. The van der Waals surface area contributed by atoms with Crippen molar-refractivity contribution in [3.05, 3.63) is 66.3 Å². The van der Waals surface area contributed by atoms with Gasteiger partial charge in [0.25, 0.3) is 0 Å². The van der Waals surface area contributed by atoms with Crippen molar-refractivity contribution < 1.29 is 12.8 Å². The minimum Gasteiger partial charge on any atom is -0.419 e. The van der Waals surface area contributed by atoms with Crippen LogP contribution >= 0.6 is 0 Å². The van der Waals surface area contributed by atoms with Gasteiger partial charge in [0.2, 0.25) is 21.8 Å². The molecule has 23 heavy (non-hydrogen) atoms. The lowest BCUT2D eigenvalue weighted by molar-refractivity contribution is 0.494. The van der Waals surface area contributed by atoms with Crippen molar-refractivity contribution >= 4 is 10.0 Å². The molecule has 0 fully saturated rings. The summed E-state index contributed by atoms with van der Waals surface area (Å²) in [6, 6.07) is 12.5. The molecule has 1 aromatic carbocycles. The van der Waals surface area contributed by atoms with Crippen LogP contribution in [0.1, 0.15) is 11.5 Å². The van der Waals surface area contributed by atoms with Gasteiger partial charge in [-0.25, -0.2) is 13.1 Å². The molecule has 0 saturated heterocycles. The highest BCUT2D eigenvalue weighted by Gasteiger charge is 2.14. The molecule has 2 heterocycles. The largest absolute Gasteiger partial charge is 0.419 e. The summed E-state index contributed by atoms with van der Waals surface area (Å²) in [6.45, 7) is -0.0531. The zero-order valence-electron chi connectivity index (χ0n) is 12.1. The molecule has 2 aromatic heterocycles. The minimum atomic E-state index is -3.48. The van der Waals surface area contributed by atoms with Gasteiger partial charge in [-0.05, 0) is 17.7 Å². The first kappa shape index (κ1) is 15.3. The van der Waals surface area contributed by atoms with Crippen LogP contribution in [-0.2, 0) is 22.3 Å². The molecule has 0 unspecified atom stereocenters. The first-order chi connectivity index (χ1) is 11.1. The molecule has 0 spiro atoms. The maximum absolute atomic E-state index is 12.0. The van der Waals surface area contributed by atoms with E-state index in [2.05, 4.69) is 19.9 Å². The van der Waals surface area contributed by atoms with Gasteiger partial charge < -0.3 is 4.42 Å². The van der Waals surface area contributed by atoms with E-state index in [9.17, 15) is 8.42 Å². The van der Waals surface area contributed by atoms with Gasteiger partial charge in [0.05, 0.1) is 17.9 Å². The molecule has 8 heteroatoms. The summed E-state index contributed by atoms with van der Waals surface area (Å²) >= 11 is 0. The number of nitrogens with one attached hydrogen (secondary N) is 1. The van der Waals surface area contributed by atoms with E-state index < -0.39 is 10.0 Å². The van der Waals surface area contributed by atoms with Gasteiger partial charge in [0.15, 0.2) is 0 Å². The molecular weight excluding hydrogens is 316 g/mol. The number of benzene rings is 1. The van der Waals surface area contributed by atoms with Gasteiger partial charge in [0.1, 0.15) is 0 Å². The predicted octanol–water partition coefficient (Wildman–Crippen LogP) is 1.75. The Morgan fingerprint density at radius 1 is 1.04 bits per heavy atom. The summed E-state index contributed by atoms with van der Waals surface area (Å²) in [7, 11) is -3.48. The van der Waals surface area contributed by atoms with E-state index in [-0.39, 0.29) is 18.2 Å². The van der Waals surface area contributed by atoms with Gasteiger partial charge in [-0.2, -0.15) is 0 Å². The van der Waals surface area contributed by atoms with E-state index in [1.807, 2.05) is 6.07 Å². The van der Waals surface area contributed by atoms with Crippen LogP contribution in [0.5, 0.6) is 0 Å². The number of hydrogen-bond donors (Lipinski definition) is 1. The Kier molecular flexibility index (Phi) is 4.45. The fourth-order valence-corrected chi connectivity index (χ4v) is 3.02. The van der Waals surface area contributed by atoms with Gasteiger partial charge >= 0.3 is 0 Å².